The number of aromatic amines is 1. The van der Waals surface area contributed by atoms with Crippen molar-refractivity contribution in [2.45, 2.75) is 19.0 Å². The smallest absolute Gasteiger partial charge is 0.124 e. The number of rotatable bonds is 7. The number of hydrogen-bond acceptors (Lipinski definition) is 2. The van der Waals surface area contributed by atoms with Crippen LogP contribution in [0.1, 0.15) is 23.0 Å². The lowest BCUT2D eigenvalue weighted by Gasteiger charge is -2.17. The van der Waals surface area contributed by atoms with Gasteiger partial charge in [0, 0.05) is 18.3 Å². The lowest BCUT2D eigenvalue weighted by molar-refractivity contribution is 0.509. The molecule has 4 rings (SSSR count). The van der Waals surface area contributed by atoms with Crippen LogP contribution in [0.15, 0.2) is 97.2 Å². The first-order valence-electron chi connectivity index (χ1n) is 9.30. The number of imidazole rings is 1. The van der Waals surface area contributed by atoms with Crippen molar-refractivity contribution in [3.8, 4) is 11.3 Å². The van der Waals surface area contributed by atoms with Gasteiger partial charge in [-0.1, -0.05) is 91.0 Å². The van der Waals surface area contributed by atoms with Crippen molar-refractivity contribution in [2.75, 3.05) is 0 Å². The fourth-order valence-corrected chi connectivity index (χ4v) is 3.22. The highest BCUT2D eigenvalue weighted by atomic mass is 15.0. The highest BCUT2D eigenvalue weighted by Crippen LogP contribution is 2.21. The number of H-pyrrole nitrogens is 1. The summed E-state index contributed by atoms with van der Waals surface area (Å²) in [4.78, 5) is 8.26. The van der Waals surface area contributed by atoms with E-state index in [0.29, 0.717) is 0 Å². The fourth-order valence-electron chi connectivity index (χ4n) is 3.22. The van der Waals surface area contributed by atoms with Crippen LogP contribution in [0.5, 0.6) is 0 Å². The first-order chi connectivity index (χ1) is 13.4. The Labute approximate surface area is 160 Å². The molecule has 0 aliphatic heterocycles. The zero-order valence-electron chi connectivity index (χ0n) is 15.2. The normalized spacial score (nSPS) is 12.0. The van der Waals surface area contributed by atoms with Gasteiger partial charge in [-0.15, -0.1) is 0 Å². The Morgan fingerprint density at radius 3 is 2.00 bits per heavy atom. The standard InChI is InChI=1S/C24H23N3/c1-4-10-19(11-5-1)16-22(25-17-20-12-6-2-7-13-20)24-26-18-23(27-24)21-14-8-3-9-15-21/h1-15,18,22,25H,16-17H2,(H,26,27)/t22-/m0/s1. The molecule has 0 fully saturated rings. The number of aromatic nitrogens is 2. The zero-order chi connectivity index (χ0) is 18.3. The second kappa shape index (κ2) is 8.47. The van der Waals surface area contributed by atoms with E-state index in [2.05, 4.69) is 77.0 Å². The SMILES string of the molecule is c1ccc(CN[C@@H](Cc2ccccc2)c2nc(-c3ccccc3)c[nH]2)cc1. The van der Waals surface area contributed by atoms with Gasteiger partial charge in [-0.2, -0.15) is 0 Å². The predicted molar refractivity (Wildman–Crippen MR) is 110 cm³/mol. The number of benzene rings is 3. The summed E-state index contributed by atoms with van der Waals surface area (Å²) in [6, 6.07) is 31.4. The minimum Gasteiger partial charge on any atom is -0.347 e. The maximum atomic E-state index is 4.87. The Kier molecular flexibility index (Phi) is 5.42. The second-order valence-electron chi connectivity index (χ2n) is 6.65. The molecule has 0 saturated heterocycles. The van der Waals surface area contributed by atoms with Crippen molar-refractivity contribution in [1.82, 2.24) is 15.3 Å². The van der Waals surface area contributed by atoms with E-state index in [0.717, 1.165) is 30.0 Å². The van der Waals surface area contributed by atoms with Gasteiger partial charge in [0.2, 0.25) is 0 Å². The number of hydrogen-bond donors (Lipinski definition) is 2. The average Bonchev–Trinajstić information content (AvgIpc) is 3.23. The van der Waals surface area contributed by atoms with E-state index in [1.807, 2.05) is 30.5 Å². The van der Waals surface area contributed by atoms with Crippen molar-refractivity contribution < 1.29 is 0 Å². The summed E-state index contributed by atoms with van der Waals surface area (Å²) in [7, 11) is 0. The largest absolute Gasteiger partial charge is 0.347 e. The third-order valence-electron chi connectivity index (χ3n) is 4.68. The van der Waals surface area contributed by atoms with E-state index in [1.165, 1.54) is 11.1 Å². The third kappa shape index (κ3) is 4.52. The van der Waals surface area contributed by atoms with E-state index >= 15 is 0 Å². The molecule has 0 radical (unpaired) electrons. The van der Waals surface area contributed by atoms with Gasteiger partial charge in [-0.25, -0.2) is 4.98 Å². The zero-order valence-corrected chi connectivity index (χ0v) is 15.2. The van der Waals surface area contributed by atoms with E-state index in [9.17, 15) is 0 Å². The Hall–Kier alpha value is -3.17. The van der Waals surface area contributed by atoms with Crippen LogP contribution in [-0.4, -0.2) is 9.97 Å². The molecule has 0 spiro atoms. The van der Waals surface area contributed by atoms with Gasteiger partial charge in [-0.05, 0) is 17.5 Å². The molecular formula is C24H23N3. The van der Waals surface area contributed by atoms with Crippen LogP contribution in [0.3, 0.4) is 0 Å². The van der Waals surface area contributed by atoms with E-state index in [-0.39, 0.29) is 6.04 Å². The molecule has 0 aliphatic carbocycles. The van der Waals surface area contributed by atoms with Gasteiger partial charge in [0.05, 0.1) is 11.7 Å². The molecule has 3 aromatic carbocycles. The maximum Gasteiger partial charge on any atom is 0.124 e. The van der Waals surface area contributed by atoms with Crippen LogP contribution >= 0.6 is 0 Å². The molecule has 2 N–H and O–H groups in total. The molecule has 134 valence electrons. The minimum absolute atomic E-state index is 0.116. The van der Waals surface area contributed by atoms with Crippen molar-refractivity contribution in [1.29, 1.82) is 0 Å². The molecule has 1 heterocycles. The van der Waals surface area contributed by atoms with Crippen molar-refractivity contribution in [2.24, 2.45) is 0 Å². The molecular weight excluding hydrogens is 330 g/mol. The van der Waals surface area contributed by atoms with Gasteiger partial charge in [0.15, 0.2) is 0 Å². The Morgan fingerprint density at radius 1 is 0.741 bits per heavy atom. The van der Waals surface area contributed by atoms with E-state index in [1.54, 1.807) is 0 Å². The Bertz CT molecular complexity index is 947. The Balaban J connectivity index is 1.56. The average molecular weight is 353 g/mol. The summed E-state index contributed by atoms with van der Waals surface area (Å²) in [6.45, 7) is 0.805. The highest BCUT2D eigenvalue weighted by molar-refractivity contribution is 5.58. The summed E-state index contributed by atoms with van der Waals surface area (Å²) >= 11 is 0. The molecule has 0 unspecified atom stereocenters. The quantitative estimate of drug-likeness (QED) is 0.482. The molecule has 0 aliphatic rings. The molecule has 3 nitrogen and oxygen atoms in total. The summed E-state index contributed by atoms with van der Waals surface area (Å²) < 4.78 is 0. The summed E-state index contributed by atoms with van der Waals surface area (Å²) in [5, 5.41) is 3.67. The molecule has 0 saturated carbocycles. The number of nitrogens with zero attached hydrogens (tertiary/aromatic N) is 1. The van der Waals surface area contributed by atoms with Gasteiger partial charge in [0.25, 0.3) is 0 Å². The Morgan fingerprint density at radius 2 is 1.33 bits per heavy atom. The fraction of sp³-hybridized carbons (Fsp3) is 0.125. The van der Waals surface area contributed by atoms with Crippen LogP contribution in [0, 0.1) is 0 Å². The molecule has 0 bridgehead atoms. The highest BCUT2D eigenvalue weighted by Gasteiger charge is 2.16. The van der Waals surface area contributed by atoms with Crippen molar-refractivity contribution in [3.05, 3.63) is 114 Å². The second-order valence-corrected chi connectivity index (χ2v) is 6.65. The maximum absolute atomic E-state index is 4.87. The molecule has 1 aromatic heterocycles. The van der Waals surface area contributed by atoms with Gasteiger partial charge >= 0.3 is 0 Å². The summed E-state index contributed by atoms with van der Waals surface area (Å²) in [6.07, 6.45) is 2.88. The molecule has 0 amide bonds. The third-order valence-corrected chi connectivity index (χ3v) is 4.68. The predicted octanol–water partition coefficient (Wildman–Crippen LogP) is 5.15. The summed E-state index contributed by atoms with van der Waals surface area (Å²) in [5.41, 5.74) is 4.66. The van der Waals surface area contributed by atoms with E-state index < -0.39 is 0 Å². The van der Waals surface area contributed by atoms with Crippen LogP contribution in [-0.2, 0) is 13.0 Å². The van der Waals surface area contributed by atoms with Crippen LogP contribution in [0.2, 0.25) is 0 Å². The molecule has 1 atom stereocenters. The monoisotopic (exact) mass is 353 g/mol. The van der Waals surface area contributed by atoms with Gasteiger partial charge < -0.3 is 10.3 Å². The van der Waals surface area contributed by atoms with E-state index in [4.69, 9.17) is 4.98 Å². The van der Waals surface area contributed by atoms with Gasteiger partial charge in [0.1, 0.15) is 5.82 Å². The van der Waals surface area contributed by atoms with Crippen LogP contribution < -0.4 is 5.32 Å². The first-order valence-corrected chi connectivity index (χ1v) is 9.30. The lowest BCUT2D eigenvalue weighted by atomic mass is 10.0. The molecule has 27 heavy (non-hydrogen) atoms. The number of nitrogens with one attached hydrogen (secondary N) is 2. The minimum atomic E-state index is 0.116. The van der Waals surface area contributed by atoms with Crippen LogP contribution in [0.4, 0.5) is 0 Å². The molecule has 4 aromatic rings. The topological polar surface area (TPSA) is 40.7 Å². The molecule has 3 heteroatoms. The summed E-state index contributed by atoms with van der Waals surface area (Å²) in [5.74, 6) is 0.966. The first kappa shape index (κ1) is 17.3. The van der Waals surface area contributed by atoms with Crippen molar-refractivity contribution in [3.63, 3.8) is 0 Å². The van der Waals surface area contributed by atoms with Crippen LogP contribution in [0.25, 0.3) is 11.3 Å². The van der Waals surface area contributed by atoms with Crippen molar-refractivity contribution >= 4 is 0 Å². The lowest BCUT2D eigenvalue weighted by Crippen LogP contribution is -2.24. The van der Waals surface area contributed by atoms with Gasteiger partial charge in [-0.3, -0.25) is 0 Å².